The Labute approximate surface area is 278 Å². The third-order valence-corrected chi connectivity index (χ3v) is 11.0. The number of aldehydes is 1. The van der Waals surface area contributed by atoms with Crippen LogP contribution in [0.3, 0.4) is 0 Å². The lowest BCUT2D eigenvalue weighted by Crippen LogP contribution is -2.48. The SMILES string of the molecule is CCCN(CCC)C(=O)c1sc2sc(C(C=O)N[C@@H](Cc3cc(F)cc(F)c3)[C@H](O)CNCc3cccc(CC)c3)c(C)c2c1C. The predicted octanol–water partition coefficient (Wildman–Crippen LogP) is 7.27. The summed E-state index contributed by atoms with van der Waals surface area (Å²) >= 11 is 2.93. The van der Waals surface area contributed by atoms with Gasteiger partial charge in [-0.25, -0.2) is 8.78 Å². The number of benzene rings is 2. The highest BCUT2D eigenvalue weighted by Crippen LogP contribution is 2.43. The Morgan fingerprint density at radius 1 is 0.957 bits per heavy atom. The molecule has 4 aromatic rings. The molecule has 3 atom stereocenters. The second-order valence-corrected chi connectivity index (χ2v) is 14.2. The summed E-state index contributed by atoms with van der Waals surface area (Å²) in [6, 6.07) is 10.1. The molecule has 4 rings (SSSR count). The summed E-state index contributed by atoms with van der Waals surface area (Å²) in [7, 11) is 0. The van der Waals surface area contributed by atoms with Gasteiger partial charge in [0.1, 0.15) is 17.9 Å². The summed E-state index contributed by atoms with van der Waals surface area (Å²) in [5.74, 6) is -1.36. The van der Waals surface area contributed by atoms with Crippen molar-refractivity contribution >= 4 is 44.3 Å². The Balaban J connectivity index is 1.58. The van der Waals surface area contributed by atoms with E-state index in [2.05, 4.69) is 43.5 Å². The Morgan fingerprint density at radius 2 is 1.63 bits per heavy atom. The molecule has 248 valence electrons. The second-order valence-electron chi connectivity index (χ2n) is 11.8. The standard InChI is InChI=1S/C36H45F2N3O3S2/c1-6-12-41(13-7-2)35(44)34-23(5)32-22(4)33(45-36(32)46-34)30(21-42)40-29(17-26-15-27(37)18-28(38)16-26)31(43)20-39-19-25-11-9-10-24(8-3)14-25/h9-11,14-16,18,21,29-31,39-40,43H,6-8,12-13,17,19-20H2,1-5H3/t29-,30?,31+/m0/s1. The van der Waals surface area contributed by atoms with Gasteiger partial charge in [-0.15, -0.1) is 22.7 Å². The Morgan fingerprint density at radius 3 is 2.24 bits per heavy atom. The first-order chi connectivity index (χ1) is 22.1. The fourth-order valence-corrected chi connectivity index (χ4v) is 8.82. The maximum atomic E-state index is 14.1. The van der Waals surface area contributed by atoms with Crippen molar-refractivity contribution in [3.8, 4) is 0 Å². The van der Waals surface area contributed by atoms with E-state index in [4.69, 9.17) is 0 Å². The number of carbonyl (C=O) groups is 2. The average Bonchev–Trinajstić information content (AvgIpc) is 3.53. The van der Waals surface area contributed by atoms with E-state index in [1.807, 2.05) is 30.9 Å². The number of hydrogen-bond donors (Lipinski definition) is 3. The first kappa shape index (κ1) is 35.8. The van der Waals surface area contributed by atoms with E-state index in [1.54, 1.807) is 0 Å². The number of aryl methyl sites for hydroxylation is 3. The van der Waals surface area contributed by atoms with Gasteiger partial charge in [0.2, 0.25) is 0 Å². The number of hydrogen-bond acceptors (Lipinski definition) is 7. The third kappa shape index (κ3) is 8.66. The lowest BCUT2D eigenvalue weighted by Gasteiger charge is -2.28. The molecule has 0 saturated carbocycles. The fraction of sp³-hybridized carbons (Fsp3) is 0.444. The molecule has 1 amide bonds. The van der Waals surface area contributed by atoms with Crippen molar-refractivity contribution in [1.29, 1.82) is 0 Å². The normalized spacial score (nSPS) is 13.6. The van der Waals surface area contributed by atoms with Crippen LogP contribution in [0.5, 0.6) is 0 Å². The number of nitrogens with zero attached hydrogens (tertiary/aromatic N) is 1. The molecule has 2 aromatic heterocycles. The van der Waals surface area contributed by atoms with E-state index in [1.165, 1.54) is 40.4 Å². The monoisotopic (exact) mass is 669 g/mol. The van der Waals surface area contributed by atoms with Gasteiger partial charge in [0.05, 0.1) is 21.0 Å². The van der Waals surface area contributed by atoms with Crippen LogP contribution in [-0.2, 0) is 24.2 Å². The van der Waals surface area contributed by atoms with Gasteiger partial charge in [0, 0.05) is 48.6 Å². The molecule has 0 aliphatic carbocycles. The van der Waals surface area contributed by atoms with Gasteiger partial charge in [-0.3, -0.25) is 10.1 Å². The molecule has 6 nitrogen and oxygen atoms in total. The van der Waals surface area contributed by atoms with Crippen LogP contribution in [0.1, 0.15) is 82.0 Å². The Bertz CT molecular complexity index is 1610. The van der Waals surface area contributed by atoms with Crippen LogP contribution in [0.25, 0.3) is 9.40 Å². The van der Waals surface area contributed by atoms with Crippen LogP contribution in [0.2, 0.25) is 0 Å². The van der Waals surface area contributed by atoms with Gasteiger partial charge in [-0.2, -0.15) is 0 Å². The molecular weight excluding hydrogens is 625 g/mol. The molecule has 0 aliphatic rings. The zero-order chi connectivity index (χ0) is 33.4. The lowest BCUT2D eigenvalue weighted by molar-refractivity contribution is -0.110. The number of amides is 1. The highest BCUT2D eigenvalue weighted by atomic mass is 32.2. The topological polar surface area (TPSA) is 81.7 Å². The van der Waals surface area contributed by atoms with Crippen LogP contribution in [-0.4, -0.2) is 54.0 Å². The second kappa shape index (κ2) is 16.7. The minimum Gasteiger partial charge on any atom is -0.390 e. The van der Waals surface area contributed by atoms with E-state index in [9.17, 15) is 23.5 Å². The van der Waals surface area contributed by atoms with Gasteiger partial charge in [-0.1, -0.05) is 45.0 Å². The van der Waals surface area contributed by atoms with E-state index >= 15 is 0 Å². The molecule has 10 heteroatoms. The Kier molecular flexibility index (Phi) is 13.0. The van der Waals surface area contributed by atoms with Crippen molar-refractivity contribution in [3.05, 3.63) is 91.7 Å². The van der Waals surface area contributed by atoms with Crippen LogP contribution in [0.15, 0.2) is 42.5 Å². The van der Waals surface area contributed by atoms with Crippen LogP contribution in [0, 0.1) is 25.5 Å². The summed E-state index contributed by atoms with van der Waals surface area (Å²) in [5.41, 5.74) is 4.51. The van der Waals surface area contributed by atoms with Crippen molar-refractivity contribution in [1.82, 2.24) is 15.5 Å². The average molecular weight is 670 g/mol. The van der Waals surface area contributed by atoms with Gasteiger partial charge >= 0.3 is 0 Å². The minimum atomic E-state index is -0.974. The number of aliphatic hydroxyl groups is 1. The van der Waals surface area contributed by atoms with Gasteiger partial charge in [0.15, 0.2) is 0 Å². The fourth-order valence-electron chi connectivity index (χ4n) is 5.95. The molecule has 0 spiro atoms. The molecule has 0 saturated heterocycles. The predicted molar refractivity (Wildman–Crippen MR) is 185 cm³/mol. The summed E-state index contributed by atoms with van der Waals surface area (Å²) in [4.78, 5) is 29.5. The highest BCUT2D eigenvalue weighted by molar-refractivity contribution is 7.39. The van der Waals surface area contributed by atoms with E-state index < -0.39 is 29.8 Å². The number of thiophene rings is 2. The van der Waals surface area contributed by atoms with Gasteiger partial charge in [-0.05, 0) is 79.5 Å². The maximum Gasteiger partial charge on any atom is 0.264 e. The summed E-state index contributed by atoms with van der Waals surface area (Å²) in [6.45, 7) is 12.3. The largest absolute Gasteiger partial charge is 0.390 e. The van der Waals surface area contributed by atoms with Crippen molar-refractivity contribution in [2.24, 2.45) is 0 Å². The number of aliphatic hydroxyl groups excluding tert-OH is 1. The van der Waals surface area contributed by atoms with E-state index in [0.29, 0.717) is 25.2 Å². The quantitative estimate of drug-likeness (QED) is 0.103. The number of rotatable bonds is 17. The summed E-state index contributed by atoms with van der Waals surface area (Å²) in [6.07, 6.45) is 2.64. The minimum absolute atomic E-state index is 0.0417. The molecule has 0 radical (unpaired) electrons. The summed E-state index contributed by atoms with van der Waals surface area (Å²) < 4.78 is 29.2. The number of halogens is 2. The van der Waals surface area contributed by atoms with Crippen LogP contribution >= 0.6 is 22.7 Å². The van der Waals surface area contributed by atoms with Crippen molar-refractivity contribution in [2.45, 2.75) is 85.0 Å². The van der Waals surface area contributed by atoms with Crippen LogP contribution in [0.4, 0.5) is 8.78 Å². The molecule has 2 heterocycles. The molecule has 46 heavy (non-hydrogen) atoms. The third-order valence-electron chi connectivity index (χ3n) is 8.27. The van der Waals surface area contributed by atoms with Crippen molar-refractivity contribution in [3.63, 3.8) is 0 Å². The number of nitrogens with one attached hydrogen (secondary N) is 2. The number of fused-ring (bicyclic) bond motifs is 1. The molecule has 3 N–H and O–H groups in total. The maximum absolute atomic E-state index is 14.1. The van der Waals surface area contributed by atoms with Gasteiger partial charge in [0.25, 0.3) is 5.91 Å². The zero-order valence-corrected chi connectivity index (χ0v) is 28.9. The molecule has 2 aromatic carbocycles. The van der Waals surface area contributed by atoms with Crippen molar-refractivity contribution < 1.29 is 23.5 Å². The van der Waals surface area contributed by atoms with Crippen LogP contribution < -0.4 is 10.6 Å². The molecule has 0 bridgehead atoms. The molecular formula is C36H45F2N3O3S2. The first-order valence-electron chi connectivity index (χ1n) is 16.0. The van der Waals surface area contributed by atoms with E-state index in [0.717, 1.165) is 67.5 Å². The molecule has 1 unspecified atom stereocenters. The van der Waals surface area contributed by atoms with E-state index in [-0.39, 0.29) is 18.9 Å². The highest BCUT2D eigenvalue weighted by Gasteiger charge is 2.29. The van der Waals surface area contributed by atoms with Crippen molar-refractivity contribution in [2.75, 3.05) is 19.6 Å². The first-order valence-corrected chi connectivity index (χ1v) is 17.7. The smallest absolute Gasteiger partial charge is 0.264 e. The molecule has 0 aliphatic heterocycles. The summed E-state index contributed by atoms with van der Waals surface area (Å²) in [5, 5.41) is 19.0. The lowest BCUT2D eigenvalue weighted by atomic mass is 9.98. The zero-order valence-electron chi connectivity index (χ0n) is 27.3. The Hall–Kier alpha value is -3.02. The molecule has 0 fully saturated rings. The van der Waals surface area contributed by atoms with Gasteiger partial charge < -0.3 is 20.1 Å². The number of carbonyl (C=O) groups excluding carboxylic acids is 2.